The Morgan fingerprint density at radius 2 is 1.20 bits per heavy atom. The fourth-order valence-corrected chi connectivity index (χ4v) is 13.4. The first-order valence-electron chi connectivity index (χ1n) is 14.6. The molecule has 210 valence electrons. The molecule has 1 aliphatic carbocycles. The van der Waals surface area contributed by atoms with Gasteiger partial charge in [0.1, 0.15) is 7.14 Å². The molecule has 41 heavy (non-hydrogen) atoms. The van der Waals surface area contributed by atoms with Crippen molar-refractivity contribution in [3.63, 3.8) is 0 Å². The molecular weight excluding hydrogens is 535 g/mol. The Labute approximate surface area is 247 Å². The number of hydrogen-bond donors (Lipinski definition) is 0. The van der Waals surface area contributed by atoms with Gasteiger partial charge in [-0.25, -0.2) is 0 Å². The van der Waals surface area contributed by atoms with Crippen molar-refractivity contribution in [2.75, 3.05) is 6.16 Å². The third-order valence-corrected chi connectivity index (χ3v) is 16.4. The van der Waals surface area contributed by atoms with Crippen molar-refractivity contribution < 1.29 is 8.99 Å². The molecule has 0 amide bonds. The second kappa shape index (κ2) is 12.3. The van der Waals surface area contributed by atoms with E-state index in [2.05, 4.69) is 94.1 Å². The molecular formula is C37H41O2PSi. The standard InChI is InChI=1S/C37H41O2PSi/c1-30-25-26-31(27-28-40(38,32-17-9-5-10-18-32)33-19-11-6-12-20-33)29-36(30)39-41(37(2,3)4,34-21-13-7-14-22-34)35-23-15-8-16-24-35/h5-24,27,36H,1,25-26,28-29H2,2-4H3/b31-27+/t36-/m1/s1. The molecule has 0 aliphatic heterocycles. The maximum absolute atomic E-state index is 14.6. The quantitative estimate of drug-likeness (QED) is 0.123. The zero-order valence-electron chi connectivity index (χ0n) is 24.5. The Balaban J connectivity index is 1.50. The van der Waals surface area contributed by atoms with Crippen molar-refractivity contribution in [3.8, 4) is 0 Å². The molecule has 0 saturated heterocycles. The lowest BCUT2D eigenvalue weighted by Crippen LogP contribution is -2.68. The van der Waals surface area contributed by atoms with E-state index in [1.165, 1.54) is 15.9 Å². The van der Waals surface area contributed by atoms with E-state index in [0.29, 0.717) is 6.16 Å². The van der Waals surface area contributed by atoms with E-state index in [4.69, 9.17) is 4.43 Å². The summed E-state index contributed by atoms with van der Waals surface area (Å²) in [5, 5.41) is 4.26. The van der Waals surface area contributed by atoms with E-state index in [0.717, 1.165) is 35.4 Å². The highest BCUT2D eigenvalue weighted by Crippen LogP contribution is 2.45. The van der Waals surface area contributed by atoms with Gasteiger partial charge in [0.15, 0.2) is 0 Å². The average Bonchev–Trinajstić information content (AvgIpc) is 3.01. The van der Waals surface area contributed by atoms with E-state index in [-0.39, 0.29) is 11.1 Å². The van der Waals surface area contributed by atoms with Gasteiger partial charge >= 0.3 is 0 Å². The molecule has 1 aliphatic rings. The monoisotopic (exact) mass is 576 g/mol. The smallest absolute Gasteiger partial charge is 0.261 e. The van der Waals surface area contributed by atoms with Crippen LogP contribution in [0.15, 0.2) is 145 Å². The fraction of sp³-hybridized carbons (Fsp3) is 0.243. The van der Waals surface area contributed by atoms with Crippen LogP contribution < -0.4 is 21.0 Å². The average molecular weight is 577 g/mol. The predicted molar refractivity (Wildman–Crippen MR) is 178 cm³/mol. The minimum absolute atomic E-state index is 0.0888. The van der Waals surface area contributed by atoms with Gasteiger partial charge in [-0.05, 0) is 40.2 Å². The third kappa shape index (κ3) is 6.04. The molecule has 0 spiro atoms. The number of allylic oxidation sites excluding steroid dienone is 1. The van der Waals surface area contributed by atoms with E-state index in [1.54, 1.807) is 0 Å². The number of rotatable bonds is 8. The van der Waals surface area contributed by atoms with Gasteiger partial charge in [-0.15, -0.1) is 0 Å². The second-order valence-electron chi connectivity index (χ2n) is 12.1. The Morgan fingerprint density at radius 3 is 1.63 bits per heavy atom. The van der Waals surface area contributed by atoms with Crippen LogP contribution in [0.2, 0.25) is 5.04 Å². The van der Waals surface area contributed by atoms with Crippen molar-refractivity contribution in [2.24, 2.45) is 0 Å². The summed E-state index contributed by atoms with van der Waals surface area (Å²) in [6.45, 7) is 11.5. The molecule has 0 unspecified atom stereocenters. The molecule has 1 fully saturated rings. The Hall–Kier alpha value is -3.23. The van der Waals surface area contributed by atoms with Crippen LogP contribution in [0.5, 0.6) is 0 Å². The number of benzene rings is 4. The zero-order valence-corrected chi connectivity index (χ0v) is 26.4. The highest BCUT2D eigenvalue weighted by Gasteiger charge is 2.52. The summed E-state index contributed by atoms with van der Waals surface area (Å²) in [4.78, 5) is 0. The van der Waals surface area contributed by atoms with Gasteiger partial charge in [0.2, 0.25) is 0 Å². The first-order valence-corrected chi connectivity index (χ1v) is 18.4. The SMILES string of the molecule is C=C1CC/C(=C\CP(=O)(c2ccccc2)c2ccccc2)C[C@H]1O[Si](c1ccccc1)(c1ccccc1)C(C)(C)C. The van der Waals surface area contributed by atoms with Gasteiger partial charge in [0.05, 0.1) is 6.10 Å². The first-order chi connectivity index (χ1) is 19.7. The minimum Gasteiger partial charge on any atom is -0.400 e. The normalized spacial score (nSPS) is 17.5. The molecule has 0 bridgehead atoms. The number of hydrogen-bond acceptors (Lipinski definition) is 2. The summed E-state index contributed by atoms with van der Waals surface area (Å²) in [7, 11) is -5.54. The highest BCUT2D eigenvalue weighted by molar-refractivity contribution is 7.78. The van der Waals surface area contributed by atoms with Crippen LogP contribution in [0.3, 0.4) is 0 Å². The van der Waals surface area contributed by atoms with Crippen LogP contribution in [-0.4, -0.2) is 20.6 Å². The van der Waals surface area contributed by atoms with E-state index in [1.807, 2.05) is 60.7 Å². The van der Waals surface area contributed by atoms with Gasteiger partial charge in [-0.3, -0.25) is 0 Å². The summed E-state index contributed by atoms with van der Waals surface area (Å²) < 4.78 is 22.1. The lowest BCUT2D eigenvalue weighted by atomic mass is 9.89. The van der Waals surface area contributed by atoms with Crippen LogP contribution in [0.1, 0.15) is 40.0 Å². The molecule has 2 nitrogen and oxygen atoms in total. The van der Waals surface area contributed by atoms with Gasteiger partial charge in [-0.1, -0.05) is 160 Å². The van der Waals surface area contributed by atoms with E-state index < -0.39 is 15.5 Å². The van der Waals surface area contributed by atoms with Crippen LogP contribution in [0.4, 0.5) is 0 Å². The molecule has 0 N–H and O–H groups in total. The van der Waals surface area contributed by atoms with Crippen molar-refractivity contribution in [2.45, 2.75) is 51.2 Å². The molecule has 4 aromatic carbocycles. The summed E-state index contributed by atoms with van der Waals surface area (Å²) in [5.74, 6) is 0. The van der Waals surface area contributed by atoms with Crippen LogP contribution >= 0.6 is 7.14 Å². The fourth-order valence-electron chi connectivity index (χ4n) is 6.14. The Kier molecular flexibility index (Phi) is 8.80. The topological polar surface area (TPSA) is 26.3 Å². The van der Waals surface area contributed by atoms with Crippen molar-refractivity contribution in [1.82, 2.24) is 0 Å². The molecule has 5 rings (SSSR count). The Bertz CT molecular complexity index is 1440. The van der Waals surface area contributed by atoms with Crippen molar-refractivity contribution in [1.29, 1.82) is 0 Å². The zero-order chi connectivity index (χ0) is 28.9. The maximum atomic E-state index is 14.6. The van der Waals surface area contributed by atoms with Gasteiger partial charge in [0, 0.05) is 16.8 Å². The van der Waals surface area contributed by atoms with Crippen molar-refractivity contribution in [3.05, 3.63) is 145 Å². The minimum atomic E-state index is -2.82. The molecule has 4 heteroatoms. The second-order valence-corrected chi connectivity index (χ2v) is 19.2. The largest absolute Gasteiger partial charge is 0.400 e. The molecule has 1 saturated carbocycles. The van der Waals surface area contributed by atoms with Crippen molar-refractivity contribution >= 4 is 36.4 Å². The van der Waals surface area contributed by atoms with Gasteiger partial charge < -0.3 is 8.99 Å². The predicted octanol–water partition coefficient (Wildman–Crippen LogP) is 7.61. The maximum Gasteiger partial charge on any atom is 0.261 e. The van der Waals surface area contributed by atoms with Gasteiger partial charge in [-0.2, -0.15) is 0 Å². The van der Waals surface area contributed by atoms with Crippen LogP contribution in [0.25, 0.3) is 0 Å². The molecule has 4 aromatic rings. The third-order valence-electron chi connectivity index (χ3n) is 8.39. The summed E-state index contributed by atoms with van der Waals surface area (Å²) in [6.07, 6.45) is 5.27. The van der Waals surface area contributed by atoms with Crippen LogP contribution in [-0.2, 0) is 8.99 Å². The molecule has 0 aromatic heterocycles. The summed E-state index contributed by atoms with van der Waals surface area (Å²) in [6, 6.07) is 41.5. The molecule has 0 heterocycles. The summed E-state index contributed by atoms with van der Waals surface area (Å²) >= 11 is 0. The summed E-state index contributed by atoms with van der Waals surface area (Å²) in [5.41, 5.74) is 2.47. The highest BCUT2D eigenvalue weighted by atomic mass is 31.2. The van der Waals surface area contributed by atoms with Gasteiger partial charge in [0.25, 0.3) is 8.32 Å². The first kappa shape index (κ1) is 29.3. The molecule has 1 atom stereocenters. The lowest BCUT2D eigenvalue weighted by Gasteiger charge is -2.46. The van der Waals surface area contributed by atoms with E-state index >= 15 is 0 Å². The van der Waals surface area contributed by atoms with Crippen LogP contribution in [0, 0.1) is 0 Å². The van der Waals surface area contributed by atoms with E-state index in [9.17, 15) is 4.57 Å². The Morgan fingerprint density at radius 1 is 0.756 bits per heavy atom. The lowest BCUT2D eigenvalue weighted by molar-refractivity contribution is 0.208. The molecule has 0 radical (unpaired) electrons.